The Kier molecular flexibility index (Phi) is 3.53. The van der Waals surface area contributed by atoms with E-state index in [2.05, 4.69) is 32.0 Å². The van der Waals surface area contributed by atoms with Gasteiger partial charge in [0.05, 0.1) is 11.1 Å². The van der Waals surface area contributed by atoms with Crippen LogP contribution in [0.5, 0.6) is 0 Å². The SMILES string of the molecule is CC(C)c1ccc2nc3c(c(C(C)(C)O)c2c1)CCCC3. The zero-order valence-corrected chi connectivity index (χ0v) is 13.5. The van der Waals surface area contributed by atoms with Gasteiger partial charge in [-0.05, 0) is 74.3 Å². The van der Waals surface area contributed by atoms with Crippen molar-refractivity contribution in [3.05, 3.63) is 40.6 Å². The number of aliphatic hydroxyl groups is 1. The molecule has 2 nitrogen and oxygen atoms in total. The highest BCUT2D eigenvalue weighted by Crippen LogP contribution is 2.36. The molecule has 1 aromatic carbocycles. The lowest BCUT2D eigenvalue weighted by atomic mass is 9.82. The molecule has 0 saturated heterocycles. The van der Waals surface area contributed by atoms with Gasteiger partial charge in [-0.15, -0.1) is 0 Å². The Hall–Kier alpha value is -1.41. The number of rotatable bonds is 2. The summed E-state index contributed by atoms with van der Waals surface area (Å²) in [6, 6.07) is 6.52. The lowest BCUT2D eigenvalue weighted by Gasteiger charge is -2.28. The molecule has 0 radical (unpaired) electrons. The largest absolute Gasteiger partial charge is 0.386 e. The number of benzene rings is 1. The molecule has 112 valence electrons. The van der Waals surface area contributed by atoms with Gasteiger partial charge in [-0.25, -0.2) is 0 Å². The van der Waals surface area contributed by atoms with Gasteiger partial charge in [-0.3, -0.25) is 4.98 Å². The van der Waals surface area contributed by atoms with Crippen LogP contribution in [-0.2, 0) is 18.4 Å². The average molecular weight is 283 g/mol. The maximum absolute atomic E-state index is 10.7. The zero-order valence-electron chi connectivity index (χ0n) is 13.5. The number of hydrogen-bond donors (Lipinski definition) is 1. The van der Waals surface area contributed by atoms with Crippen LogP contribution in [0, 0.1) is 0 Å². The number of aryl methyl sites for hydroxylation is 1. The van der Waals surface area contributed by atoms with Gasteiger partial charge in [-0.1, -0.05) is 19.9 Å². The summed E-state index contributed by atoms with van der Waals surface area (Å²) in [4.78, 5) is 4.88. The molecule has 0 unspecified atom stereocenters. The maximum atomic E-state index is 10.7. The quantitative estimate of drug-likeness (QED) is 0.882. The van der Waals surface area contributed by atoms with Crippen molar-refractivity contribution in [3.63, 3.8) is 0 Å². The van der Waals surface area contributed by atoms with Crippen LogP contribution in [0.4, 0.5) is 0 Å². The fourth-order valence-corrected chi connectivity index (χ4v) is 3.50. The molecule has 0 atom stereocenters. The van der Waals surface area contributed by atoms with E-state index in [9.17, 15) is 5.11 Å². The third-order valence-electron chi connectivity index (χ3n) is 4.56. The van der Waals surface area contributed by atoms with Gasteiger partial charge in [0.1, 0.15) is 0 Å². The molecule has 3 rings (SSSR count). The first-order chi connectivity index (χ1) is 9.88. The fraction of sp³-hybridized carbons (Fsp3) is 0.526. The Bertz CT molecular complexity index is 680. The van der Waals surface area contributed by atoms with Crippen LogP contribution in [0.25, 0.3) is 10.9 Å². The molecular formula is C19H25NO. The van der Waals surface area contributed by atoms with Gasteiger partial charge < -0.3 is 5.11 Å². The minimum atomic E-state index is -0.821. The predicted molar refractivity (Wildman–Crippen MR) is 87.7 cm³/mol. The summed E-state index contributed by atoms with van der Waals surface area (Å²) in [5, 5.41) is 11.9. The van der Waals surface area contributed by atoms with Crippen molar-refractivity contribution in [3.8, 4) is 0 Å². The molecule has 21 heavy (non-hydrogen) atoms. The second kappa shape index (κ2) is 5.10. The van der Waals surface area contributed by atoms with Gasteiger partial charge in [0, 0.05) is 11.1 Å². The molecule has 0 amide bonds. The van der Waals surface area contributed by atoms with Crippen molar-refractivity contribution in [1.82, 2.24) is 4.98 Å². The first kappa shape index (κ1) is 14.5. The first-order valence-corrected chi connectivity index (χ1v) is 8.06. The van der Waals surface area contributed by atoms with Crippen LogP contribution < -0.4 is 0 Å². The van der Waals surface area contributed by atoms with E-state index in [1.54, 1.807) is 0 Å². The van der Waals surface area contributed by atoms with Gasteiger partial charge >= 0.3 is 0 Å². The molecule has 1 aliphatic rings. The van der Waals surface area contributed by atoms with Crippen LogP contribution in [0.15, 0.2) is 18.2 Å². The molecule has 0 bridgehead atoms. The van der Waals surface area contributed by atoms with E-state index in [1.165, 1.54) is 29.7 Å². The topological polar surface area (TPSA) is 33.1 Å². The lowest BCUT2D eigenvalue weighted by Crippen LogP contribution is -2.22. The summed E-state index contributed by atoms with van der Waals surface area (Å²) in [6.45, 7) is 8.21. The Morgan fingerprint density at radius 1 is 1.14 bits per heavy atom. The lowest BCUT2D eigenvalue weighted by molar-refractivity contribution is 0.0789. The summed E-state index contributed by atoms with van der Waals surface area (Å²) >= 11 is 0. The van der Waals surface area contributed by atoms with Crippen molar-refractivity contribution < 1.29 is 5.11 Å². The molecule has 1 N–H and O–H groups in total. The highest BCUT2D eigenvalue weighted by atomic mass is 16.3. The molecule has 0 fully saturated rings. The van der Waals surface area contributed by atoms with Crippen molar-refractivity contribution in [2.45, 2.75) is 64.9 Å². The fourth-order valence-electron chi connectivity index (χ4n) is 3.50. The summed E-state index contributed by atoms with van der Waals surface area (Å²) in [5.74, 6) is 0.486. The number of fused-ring (bicyclic) bond motifs is 2. The Balaban J connectivity index is 2.36. The van der Waals surface area contributed by atoms with Crippen molar-refractivity contribution in [2.24, 2.45) is 0 Å². The molecule has 2 heteroatoms. The Morgan fingerprint density at radius 3 is 2.52 bits per heavy atom. The molecule has 0 aliphatic heterocycles. The molecular weight excluding hydrogens is 258 g/mol. The van der Waals surface area contributed by atoms with Crippen molar-refractivity contribution in [1.29, 1.82) is 0 Å². The number of nitrogens with zero attached hydrogens (tertiary/aromatic N) is 1. The van der Waals surface area contributed by atoms with Gasteiger partial charge in [0.2, 0.25) is 0 Å². The summed E-state index contributed by atoms with van der Waals surface area (Å²) in [5.41, 5.74) is 5.11. The highest BCUT2D eigenvalue weighted by molar-refractivity contribution is 5.85. The van der Waals surface area contributed by atoms with Crippen molar-refractivity contribution >= 4 is 10.9 Å². The first-order valence-electron chi connectivity index (χ1n) is 8.06. The van der Waals surface area contributed by atoms with Crippen molar-refractivity contribution in [2.75, 3.05) is 0 Å². The van der Waals surface area contributed by atoms with Gasteiger partial charge in [0.15, 0.2) is 0 Å². The highest BCUT2D eigenvalue weighted by Gasteiger charge is 2.27. The Morgan fingerprint density at radius 2 is 1.86 bits per heavy atom. The van der Waals surface area contributed by atoms with E-state index in [1.807, 2.05) is 13.8 Å². The van der Waals surface area contributed by atoms with Crippen LogP contribution in [0.3, 0.4) is 0 Å². The maximum Gasteiger partial charge on any atom is 0.0850 e. The zero-order chi connectivity index (χ0) is 15.2. The van der Waals surface area contributed by atoms with Crippen LogP contribution in [0.1, 0.15) is 68.8 Å². The average Bonchev–Trinajstić information content (AvgIpc) is 2.42. The van der Waals surface area contributed by atoms with Crippen LogP contribution >= 0.6 is 0 Å². The summed E-state index contributed by atoms with van der Waals surface area (Å²) in [6.07, 6.45) is 4.50. The smallest absolute Gasteiger partial charge is 0.0850 e. The normalized spacial score (nSPS) is 15.5. The minimum Gasteiger partial charge on any atom is -0.386 e. The second-order valence-electron chi connectivity index (χ2n) is 7.11. The van der Waals surface area contributed by atoms with E-state index in [4.69, 9.17) is 4.98 Å². The monoisotopic (exact) mass is 283 g/mol. The molecule has 1 aliphatic carbocycles. The predicted octanol–water partition coefficient (Wildman–Crippen LogP) is 4.46. The third-order valence-corrected chi connectivity index (χ3v) is 4.56. The van der Waals surface area contributed by atoms with Gasteiger partial charge in [-0.2, -0.15) is 0 Å². The van der Waals surface area contributed by atoms with E-state index in [0.29, 0.717) is 5.92 Å². The summed E-state index contributed by atoms with van der Waals surface area (Å²) in [7, 11) is 0. The molecule has 0 spiro atoms. The number of hydrogen-bond acceptors (Lipinski definition) is 2. The third kappa shape index (κ3) is 2.57. The van der Waals surface area contributed by atoms with E-state index >= 15 is 0 Å². The Labute approximate surface area is 127 Å². The number of aromatic nitrogens is 1. The summed E-state index contributed by atoms with van der Waals surface area (Å²) < 4.78 is 0. The van der Waals surface area contributed by atoms with Gasteiger partial charge in [0.25, 0.3) is 0 Å². The molecule has 2 aromatic rings. The molecule has 1 aromatic heterocycles. The molecule has 1 heterocycles. The van der Waals surface area contributed by atoms with E-state index < -0.39 is 5.60 Å². The number of pyridine rings is 1. The second-order valence-corrected chi connectivity index (χ2v) is 7.11. The standard InChI is InChI=1S/C19H25NO/c1-12(2)13-9-10-17-15(11-13)18(19(3,4)21)14-7-5-6-8-16(14)20-17/h9-12,21H,5-8H2,1-4H3. The van der Waals surface area contributed by atoms with Crippen LogP contribution in [0.2, 0.25) is 0 Å². The molecule has 0 saturated carbocycles. The van der Waals surface area contributed by atoms with Crippen LogP contribution in [-0.4, -0.2) is 10.1 Å². The van der Waals surface area contributed by atoms with E-state index in [-0.39, 0.29) is 0 Å². The van der Waals surface area contributed by atoms with E-state index in [0.717, 1.165) is 29.3 Å². The minimum absolute atomic E-state index is 0.486.